The van der Waals surface area contributed by atoms with E-state index in [0.717, 1.165) is 17.7 Å². The van der Waals surface area contributed by atoms with Crippen molar-refractivity contribution in [3.8, 4) is 0 Å². The van der Waals surface area contributed by atoms with Crippen molar-refractivity contribution in [2.24, 2.45) is 0 Å². The lowest BCUT2D eigenvalue weighted by atomic mass is 9.99. The van der Waals surface area contributed by atoms with Crippen molar-refractivity contribution in [3.63, 3.8) is 0 Å². The molecule has 142 valence electrons. The van der Waals surface area contributed by atoms with Crippen LogP contribution in [0.5, 0.6) is 0 Å². The lowest BCUT2D eigenvalue weighted by Gasteiger charge is -2.37. The van der Waals surface area contributed by atoms with Gasteiger partial charge in [0.1, 0.15) is 0 Å². The Hall–Kier alpha value is -2.37. The van der Waals surface area contributed by atoms with Crippen LogP contribution in [0.3, 0.4) is 0 Å². The first kappa shape index (κ1) is 19.4. The van der Waals surface area contributed by atoms with Gasteiger partial charge in [-0.15, -0.1) is 0 Å². The number of nitrogens with zero attached hydrogens (tertiary/aromatic N) is 1. The first-order valence-corrected chi connectivity index (χ1v) is 9.50. The molecule has 2 aromatic rings. The van der Waals surface area contributed by atoms with Gasteiger partial charge in [-0.05, 0) is 23.3 Å². The van der Waals surface area contributed by atoms with Gasteiger partial charge in [0.25, 0.3) is 0 Å². The summed E-state index contributed by atoms with van der Waals surface area (Å²) in [5, 5.41) is 6.91. The standard InChI is InChI=1S/C21H24ClN3O2/c1-15(26)24-19(16-6-3-2-4-7-16)13-21(27)25-11-10-23-14-20(25)17-8-5-9-18(22)12-17/h2-9,12,19-20,23H,10-11,13-14H2,1H3,(H,24,26). The first-order chi connectivity index (χ1) is 13.0. The van der Waals surface area contributed by atoms with Crippen LogP contribution >= 0.6 is 11.6 Å². The predicted molar refractivity (Wildman–Crippen MR) is 106 cm³/mol. The van der Waals surface area contributed by atoms with Gasteiger partial charge >= 0.3 is 0 Å². The molecule has 0 aromatic heterocycles. The highest BCUT2D eigenvalue weighted by Gasteiger charge is 2.30. The van der Waals surface area contributed by atoms with Crippen LogP contribution in [0.4, 0.5) is 0 Å². The molecule has 1 saturated heterocycles. The average Bonchev–Trinajstić information content (AvgIpc) is 2.68. The van der Waals surface area contributed by atoms with Crippen molar-refractivity contribution in [2.45, 2.75) is 25.4 Å². The van der Waals surface area contributed by atoms with Crippen LogP contribution in [0.1, 0.15) is 36.6 Å². The van der Waals surface area contributed by atoms with E-state index in [4.69, 9.17) is 11.6 Å². The van der Waals surface area contributed by atoms with Crippen molar-refractivity contribution < 1.29 is 9.59 Å². The van der Waals surface area contributed by atoms with Gasteiger partial charge in [-0.25, -0.2) is 0 Å². The second-order valence-corrected chi connectivity index (χ2v) is 7.17. The molecule has 2 atom stereocenters. The Morgan fingerprint density at radius 3 is 2.70 bits per heavy atom. The average molecular weight is 386 g/mol. The van der Waals surface area contributed by atoms with E-state index in [0.29, 0.717) is 18.1 Å². The van der Waals surface area contributed by atoms with Crippen molar-refractivity contribution in [1.82, 2.24) is 15.5 Å². The third-order valence-electron chi connectivity index (χ3n) is 4.76. The molecule has 1 aliphatic rings. The summed E-state index contributed by atoms with van der Waals surface area (Å²) in [6.45, 7) is 3.53. The molecule has 0 radical (unpaired) electrons. The Bertz CT molecular complexity index is 797. The molecule has 0 saturated carbocycles. The minimum atomic E-state index is -0.342. The molecule has 0 aliphatic carbocycles. The van der Waals surface area contributed by atoms with Gasteiger partial charge in [-0.1, -0.05) is 54.1 Å². The second kappa shape index (κ2) is 9.02. The van der Waals surface area contributed by atoms with Gasteiger partial charge in [0, 0.05) is 31.6 Å². The second-order valence-electron chi connectivity index (χ2n) is 6.73. The molecule has 5 nitrogen and oxygen atoms in total. The molecule has 1 aliphatic heterocycles. The summed E-state index contributed by atoms with van der Waals surface area (Å²) in [6, 6.07) is 16.8. The number of carbonyl (C=O) groups is 2. The molecule has 2 amide bonds. The Labute approximate surface area is 164 Å². The number of hydrogen-bond acceptors (Lipinski definition) is 3. The highest BCUT2D eigenvalue weighted by molar-refractivity contribution is 6.30. The van der Waals surface area contributed by atoms with E-state index < -0.39 is 0 Å². The van der Waals surface area contributed by atoms with E-state index >= 15 is 0 Å². The monoisotopic (exact) mass is 385 g/mol. The van der Waals surface area contributed by atoms with Crippen molar-refractivity contribution in [2.75, 3.05) is 19.6 Å². The van der Waals surface area contributed by atoms with Gasteiger partial charge in [-0.2, -0.15) is 0 Å². The summed E-state index contributed by atoms with van der Waals surface area (Å²) in [7, 11) is 0. The lowest BCUT2D eigenvalue weighted by Crippen LogP contribution is -2.49. The summed E-state index contributed by atoms with van der Waals surface area (Å²) in [5.74, 6) is -0.132. The molecule has 1 fully saturated rings. The van der Waals surface area contributed by atoms with Crippen molar-refractivity contribution in [3.05, 3.63) is 70.7 Å². The van der Waals surface area contributed by atoms with E-state index in [2.05, 4.69) is 10.6 Å². The number of amides is 2. The maximum atomic E-state index is 13.1. The van der Waals surface area contributed by atoms with E-state index in [-0.39, 0.29) is 30.3 Å². The third kappa shape index (κ3) is 5.08. The van der Waals surface area contributed by atoms with E-state index in [1.807, 2.05) is 59.5 Å². The van der Waals surface area contributed by atoms with Crippen LogP contribution in [-0.2, 0) is 9.59 Å². The number of benzene rings is 2. The molecule has 0 bridgehead atoms. The zero-order valence-corrected chi connectivity index (χ0v) is 16.1. The summed E-state index contributed by atoms with van der Waals surface area (Å²) in [6.07, 6.45) is 0.223. The highest BCUT2D eigenvalue weighted by Crippen LogP contribution is 2.27. The molecule has 27 heavy (non-hydrogen) atoms. The Morgan fingerprint density at radius 2 is 2.00 bits per heavy atom. The third-order valence-corrected chi connectivity index (χ3v) is 4.99. The fraction of sp³-hybridized carbons (Fsp3) is 0.333. The van der Waals surface area contributed by atoms with Crippen LogP contribution < -0.4 is 10.6 Å². The topological polar surface area (TPSA) is 61.4 Å². The molecular weight excluding hydrogens is 362 g/mol. The maximum Gasteiger partial charge on any atom is 0.225 e. The minimum absolute atomic E-state index is 0.0177. The van der Waals surface area contributed by atoms with Crippen LogP contribution in [0.15, 0.2) is 54.6 Å². The molecule has 2 unspecified atom stereocenters. The van der Waals surface area contributed by atoms with E-state index in [9.17, 15) is 9.59 Å². The number of carbonyl (C=O) groups excluding carboxylic acids is 2. The Morgan fingerprint density at radius 1 is 1.22 bits per heavy atom. The minimum Gasteiger partial charge on any atom is -0.349 e. The van der Waals surface area contributed by atoms with Crippen LogP contribution in [0.2, 0.25) is 5.02 Å². The van der Waals surface area contributed by atoms with Gasteiger partial charge in [0.2, 0.25) is 11.8 Å². The Balaban J connectivity index is 1.79. The Kier molecular flexibility index (Phi) is 6.48. The quantitative estimate of drug-likeness (QED) is 0.831. The number of hydrogen-bond donors (Lipinski definition) is 2. The van der Waals surface area contributed by atoms with Gasteiger partial charge in [-0.3, -0.25) is 9.59 Å². The first-order valence-electron chi connectivity index (χ1n) is 9.12. The number of rotatable bonds is 5. The van der Waals surface area contributed by atoms with Crippen LogP contribution in [0.25, 0.3) is 0 Å². The summed E-state index contributed by atoms with van der Waals surface area (Å²) in [4.78, 5) is 26.7. The molecule has 1 heterocycles. The fourth-order valence-corrected chi connectivity index (χ4v) is 3.69. The maximum absolute atomic E-state index is 13.1. The molecule has 6 heteroatoms. The van der Waals surface area contributed by atoms with E-state index in [1.54, 1.807) is 0 Å². The summed E-state index contributed by atoms with van der Waals surface area (Å²) < 4.78 is 0. The van der Waals surface area contributed by atoms with Gasteiger partial charge < -0.3 is 15.5 Å². The fourth-order valence-electron chi connectivity index (χ4n) is 3.49. The van der Waals surface area contributed by atoms with Gasteiger partial charge in [0.15, 0.2) is 0 Å². The van der Waals surface area contributed by atoms with Crippen molar-refractivity contribution in [1.29, 1.82) is 0 Å². The highest BCUT2D eigenvalue weighted by atomic mass is 35.5. The molecule has 0 spiro atoms. The SMILES string of the molecule is CC(=O)NC(CC(=O)N1CCNCC1c1cccc(Cl)c1)c1ccccc1. The van der Waals surface area contributed by atoms with Crippen LogP contribution in [-0.4, -0.2) is 36.3 Å². The van der Waals surface area contributed by atoms with Gasteiger partial charge in [0.05, 0.1) is 18.5 Å². The zero-order chi connectivity index (χ0) is 19.2. The molecule has 2 N–H and O–H groups in total. The normalized spacial score (nSPS) is 18.0. The van der Waals surface area contributed by atoms with Crippen LogP contribution in [0, 0.1) is 0 Å². The summed E-state index contributed by atoms with van der Waals surface area (Å²) >= 11 is 6.14. The largest absolute Gasteiger partial charge is 0.349 e. The number of piperazine rings is 1. The number of halogens is 1. The lowest BCUT2D eigenvalue weighted by molar-refractivity contribution is -0.135. The predicted octanol–water partition coefficient (Wildman–Crippen LogP) is 3.08. The molecular formula is C21H24ClN3O2. The van der Waals surface area contributed by atoms with E-state index in [1.165, 1.54) is 6.92 Å². The molecule has 3 rings (SSSR count). The summed E-state index contributed by atoms with van der Waals surface area (Å²) in [5.41, 5.74) is 1.94. The number of nitrogens with one attached hydrogen (secondary N) is 2. The smallest absolute Gasteiger partial charge is 0.225 e. The zero-order valence-electron chi connectivity index (χ0n) is 15.3. The van der Waals surface area contributed by atoms with Crippen molar-refractivity contribution >= 4 is 23.4 Å². The molecule has 2 aromatic carbocycles.